The van der Waals surface area contributed by atoms with Crippen molar-refractivity contribution in [3.8, 4) is 5.75 Å². The quantitative estimate of drug-likeness (QED) is 0.240. The monoisotopic (exact) mass is 638 g/mol. The van der Waals surface area contributed by atoms with Gasteiger partial charge in [0.1, 0.15) is 17.7 Å². The van der Waals surface area contributed by atoms with E-state index in [0.29, 0.717) is 32.5 Å². The first-order valence-electron chi connectivity index (χ1n) is 13.4. The summed E-state index contributed by atoms with van der Waals surface area (Å²) in [5.41, 5.74) is 1.00. The number of rotatable bonds is 7. The van der Waals surface area contributed by atoms with E-state index in [9.17, 15) is 19.2 Å². The number of carbonyl (C=O) groups excluding carboxylic acids is 3. The van der Waals surface area contributed by atoms with Crippen molar-refractivity contribution in [1.82, 2.24) is 9.88 Å². The number of nitrogens with zero attached hydrogens (tertiary/aromatic N) is 3. The van der Waals surface area contributed by atoms with Gasteiger partial charge in [0, 0.05) is 10.6 Å². The molecule has 2 atom stereocenters. The fourth-order valence-corrected chi connectivity index (χ4v) is 6.37. The van der Waals surface area contributed by atoms with Gasteiger partial charge in [0.2, 0.25) is 11.8 Å². The molecule has 0 radical (unpaired) electrons. The number of hydrogen-bond donors (Lipinski definition) is 1. The SMILES string of the molecule is CCOC(=O)C1=C(C)N=c2s/c(=C/[C@H]3C(=O)NC(=S)N(c4ccc(Cl)cc4)C3=O)c(=O)n2[C@H]1c1ccccc1OC(C)C. The number of benzene rings is 2. The van der Waals surface area contributed by atoms with Crippen LogP contribution < -0.4 is 29.8 Å². The zero-order valence-corrected chi connectivity index (χ0v) is 26.0. The van der Waals surface area contributed by atoms with Crippen molar-refractivity contribution in [2.75, 3.05) is 11.5 Å². The Balaban J connectivity index is 1.67. The van der Waals surface area contributed by atoms with Gasteiger partial charge in [-0.15, -0.1) is 0 Å². The number of nitrogens with one attached hydrogen (secondary N) is 1. The molecule has 43 heavy (non-hydrogen) atoms. The van der Waals surface area contributed by atoms with Crippen LogP contribution in [0.15, 0.2) is 69.6 Å². The molecule has 3 aromatic rings. The summed E-state index contributed by atoms with van der Waals surface area (Å²) in [5.74, 6) is -2.78. The Hall–Kier alpha value is -4.13. The minimum Gasteiger partial charge on any atom is -0.491 e. The van der Waals surface area contributed by atoms with Crippen LogP contribution in [0.2, 0.25) is 5.02 Å². The highest BCUT2D eigenvalue weighted by Gasteiger charge is 2.39. The smallest absolute Gasteiger partial charge is 0.338 e. The van der Waals surface area contributed by atoms with E-state index in [2.05, 4.69) is 10.3 Å². The van der Waals surface area contributed by atoms with E-state index in [-0.39, 0.29) is 27.9 Å². The molecule has 13 heteroatoms. The third-order valence-corrected chi connectivity index (χ3v) is 8.24. The van der Waals surface area contributed by atoms with Crippen LogP contribution in [0.1, 0.15) is 39.3 Å². The molecule has 0 spiro atoms. The van der Waals surface area contributed by atoms with Crippen LogP contribution in [-0.4, -0.2) is 40.2 Å². The molecule has 2 aliphatic heterocycles. The highest BCUT2D eigenvalue weighted by Crippen LogP contribution is 2.36. The molecule has 222 valence electrons. The standard InChI is InChI=1S/C30H27ClN4O6S2/c1-5-40-28(39)23-16(4)32-30-35(24(23)19-8-6-7-9-21(19)41-15(2)3)27(38)22(43-30)14-20-25(36)33-29(42)34(26(20)37)18-12-10-17(31)11-13-18/h6-15,20,24H,5H2,1-4H3,(H,33,36,42)/b22-14+/t20-,24-/m0/s1. The minimum atomic E-state index is -1.36. The Morgan fingerprint density at radius 2 is 1.86 bits per heavy atom. The zero-order chi connectivity index (χ0) is 31.0. The van der Waals surface area contributed by atoms with Gasteiger partial charge in [-0.1, -0.05) is 41.1 Å². The summed E-state index contributed by atoms with van der Waals surface area (Å²) in [6, 6.07) is 12.6. The number of anilines is 1. The van der Waals surface area contributed by atoms with Crippen LogP contribution in [0.5, 0.6) is 5.75 Å². The number of carbonyl (C=O) groups is 3. The lowest BCUT2D eigenvalue weighted by Gasteiger charge is -2.31. The Bertz CT molecular complexity index is 1860. The average Bonchev–Trinajstić information content (AvgIpc) is 3.25. The van der Waals surface area contributed by atoms with E-state index in [0.717, 1.165) is 11.3 Å². The first-order valence-corrected chi connectivity index (χ1v) is 15.0. The van der Waals surface area contributed by atoms with Crippen molar-refractivity contribution in [3.63, 3.8) is 0 Å². The van der Waals surface area contributed by atoms with Crippen LogP contribution in [-0.2, 0) is 19.1 Å². The molecule has 0 bridgehead atoms. The number of halogens is 1. The molecule has 1 N–H and O–H groups in total. The maximum absolute atomic E-state index is 14.1. The van der Waals surface area contributed by atoms with Crippen molar-refractivity contribution in [2.45, 2.75) is 39.8 Å². The second kappa shape index (κ2) is 12.2. The van der Waals surface area contributed by atoms with Crippen molar-refractivity contribution in [3.05, 3.63) is 90.1 Å². The number of aromatic nitrogens is 1. The molecule has 10 nitrogen and oxygen atoms in total. The molecule has 0 aliphatic carbocycles. The van der Waals surface area contributed by atoms with E-state index in [1.165, 1.54) is 15.5 Å². The summed E-state index contributed by atoms with van der Waals surface area (Å²) >= 11 is 12.3. The van der Waals surface area contributed by atoms with Crippen LogP contribution in [0, 0.1) is 5.92 Å². The van der Waals surface area contributed by atoms with E-state index >= 15 is 0 Å². The molecular weight excluding hydrogens is 612 g/mol. The van der Waals surface area contributed by atoms with Gasteiger partial charge in [-0.05, 0) is 76.3 Å². The number of hydrogen-bond acceptors (Lipinski definition) is 9. The van der Waals surface area contributed by atoms with Gasteiger partial charge in [-0.2, -0.15) is 0 Å². The lowest BCUT2D eigenvalue weighted by atomic mass is 9.95. The van der Waals surface area contributed by atoms with Gasteiger partial charge in [-0.3, -0.25) is 23.9 Å². The third kappa shape index (κ3) is 5.77. The maximum Gasteiger partial charge on any atom is 0.338 e. The number of thiazole rings is 1. The van der Waals surface area contributed by atoms with E-state index < -0.39 is 35.3 Å². The molecule has 1 fully saturated rings. The molecule has 1 aromatic heterocycles. The van der Waals surface area contributed by atoms with Crippen LogP contribution in [0.3, 0.4) is 0 Å². The van der Waals surface area contributed by atoms with Crippen LogP contribution in [0.25, 0.3) is 6.08 Å². The highest BCUT2D eigenvalue weighted by molar-refractivity contribution is 7.80. The van der Waals surface area contributed by atoms with E-state index in [1.807, 2.05) is 13.8 Å². The van der Waals surface area contributed by atoms with Gasteiger partial charge in [0.05, 0.1) is 34.2 Å². The number of thiocarbonyl (C=S) groups is 1. The van der Waals surface area contributed by atoms with Crippen LogP contribution in [0.4, 0.5) is 5.69 Å². The lowest BCUT2D eigenvalue weighted by Crippen LogP contribution is -2.58. The molecule has 2 aromatic carbocycles. The molecule has 2 aliphatic rings. The molecule has 1 saturated heterocycles. The number of fused-ring (bicyclic) bond motifs is 1. The molecule has 0 unspecified atom stereocenters. The summed E-state index contributed by atoms with van der Waals surface area (Å²) in [5, 5.41) is 2.93. The fourth-order valence-electron chi connectivity index (χ4n) is 4.89. The second-order valence-electron chi connectivity index (χ2n) is 9.95. The number of esters is 1. The normalized spacial score (nSPS) is 18.9. The Kier molecular flexibility index (Phi) is 8.63. The first kappa shape index (κ1) is 30.3. The van der Waals surface area contributed by atoms with Crippen molar-refractivity contribution < 1.29 is 23.9 Å². The minimum absolute atomic E-state index is 0.0834. The summed E-state index contributed by atoms with van der Waals surface area (Å²) in [6.07, 6.45) is 1.13. The van der Waals surface area contributed by atoms with Crippen molar-refractivity contribution in [2.24, 2.45) is 10.9 Å². The highest BCUT2D eigenvalue weighted by atomic mass is 35.5. The Morgan fingerprint density at radius 1 is 1.16 bits per heavy atom. The zero-order valence-electron chi connectivity index (χ0n) is 23.6. The van der Waals surface area contributed by atoms with Gasteiger partial charge in [0.25, 0.3) is 5.56 Å². The number of ether oxygens (including phenoxy) is 2. The van der Waals surface area contributed by atoms with Gasteiger partial charge >= 0.3 is 5.97 Å². The molecule has 3 heterocycles. The first-order chi connectivity index (χ1) is 20.5. The van der Waals surface area contributed by atoms with Gasteiger partial charge < -0.3 is 14.8 Å². The molecular formula is C30H27ClN4O6S2. The van der Waals surface area contributed by atoms with Gasteiger partial charge in [0.15, 0.2) is 9.91 Å². The number of amides is 2. The predicted molar refractivity (Wildman–Crippen MR) is 167 cm³/mol. The van der Waals surface area contributed by atoms with Crippen molar-refractivity contribution >= 4 is 69.8 Å². The molecule has 0 saturated carbocycles. The fraction of sp³-hybridized carbons (Fsp3) is 0.267. The molecule has 5 rings (SSSR count). The maximum atomic E-state index is 14.1. The summed E-state index contributed by atoms with van der Waals surface area (Å²) in [6.45, 7) is 7.24. The predicted octanol–water partition coefficient (Wildman–Crippen LogP) is 3.25. The number of allylic oxidation sites excluding steroid dienone is 1. The summed E-state index contributed by atoms with van der Waals surface area (Å²) in [4.78, 5) is 60.0. The lowest BCUT2D eigenvalue weighted by molar-refractivity contribution is -0.139. The summed E-state index contributed by atoms with van der Waals surface area (Å²) in [7, 11) is 0. The Morgan fingerprint density at radius 3 is 2.53 bits per heavy atom. The molecule has 2 amide bonds. The third-order valence-electron chi connectivity index (χ3n) is 6.70. The van der Waals surface area contributed by atoms with E-state index in [4.69, 9.17) is 33.3 Å². The van der Waals surface area contributed by atoms with Crippen LogP contribution >= 0.6 is 35.2 Å². The Labute approximate surface area is 260 Å². The number of para-hydroxylation sites is 1. The summed E-state index contributed by atoms with van der Waals surface area (Å²) < 4.78 is 12.9. The average molecular weight is 639 g/mol. The second-order valence-corrected chi connectivity index (χ2v) is 11.8. The van der Waals surface area contributed by atoms with E-state index in [1.54, 1.807) is 62.4 Å². The van der Waals surface area contributed by atoms with Gasteiger partial charge in [-0.25, -0.2) is 9.79 Å². The topological polar surface area (TPSA) is 119 Å². The van der Waals surface area contributed by atoms with Crippen molar-refractivity contribution in [1.29, 1.82) is 0 Å². The largest absolute Gasteiger partial charge is 0.491 e.